The van der Waals surface area contributed by atoms with Crippen LogP contribution in [0.4, 0.5) is 10.1 Å². The minimum absolute atomic E-state index is 0.299. The van der Waals surface area contributed by atoms with Crippen molar-refractivity contribution < 1.29 is 9.13 Å². The number of aryl methyl sites for hydroxylation is 3. The number of fused-ring (bicyclic) bond motifs is 1. The highest BCUT2D eigenvalue weighted by Gasteiger charge is 2.16. The van der Waals surface area contributed by atoms with Gasteiger partial charge in [-0.25, -0.2) is 4.39 Å². The normalized spacial score (nSPS) is 15.2. The molecule has 1 saturated heterocycles. The Hall–Kier alpha value is -2.53. The summed E-state index contributed by atoms with van der Waals surface area (Å²) in [4.78, 5) is 4.85. The molecule has 0 unspecified atom stereocenters. The quantitative estimate of drug-likeness (QED) is 0.622. The van der Waals surface area contributed by atoms with E-state index in [1.807, 2.05) is 13.1 Å². The van der Waals surface area contributed by atoms with E-state index in [1.165, 1.54) is 17.3 Å². The van der Waals surface area contributed by atoms with E-state index in [-0.39, 0.29) is 5.82 Å². The Kier molecular flexibility index (Phi) is 5.76. The average molecular weight is 396 g/mol. The Morgan fingerprint density at radius 2 is 1.79 bits per heavy atom. The third-order valence-corrected chi connectivity index (χ3v) is 6.03. The topological polar surface area (TPSA) is 20.6 Å². The summed E-state index contributed by atoms with van der Waals surface area (Å²) in [6.45, 7) is 4.40. The standard InChI is InChI=1S/C24H30FN3O/c1-26-12-14-28(15-13-26)20-9-5-7-18(16-20)6-4-8-19-17-27(2)22-11-10-21(25)24(29-3)23(19)22/h5,7,9-11,16-17H,4,6,8,12-15H2,1-3H3. The highest BCUT2D eigenvalue weighted by Crippen LogP contribution is 2.33. The molecule has 0 spiro atoms. The van der Waals surface area contributed by atoms with Gasteiger partial charge in [0.1, 0.15) is 0 Å². The molecule has 0 N–H and O–H groups in total. The van der Waals surface area contributed by atoms with E-state index in [4.69, 9.17) is 4.74 Å². The van der Waals surface area contributed by atoms with Gasteiger partial charge in [-0.15, -0.1) is 0 Å². The van der Waals surface area contributed by atoms with Crippen molar-refractivity contribution in [2.24, 2.45) is 7.05 Å². The van der Waals surface area contributed by atoms with Crippen LogP contribution in [0.2, 0.25) is 0 Å². The maximum Gasteiger partial charge on any atom is 0.165 e. The number of halogens is 1. The molecular weight excluding hydrogens is 365 g/mol. The highest BCUT2D eigenvalue weighted by atomic mass is 19.1. The van der Waals surface area contributed by atoms with Crippen molar-refractivity contribution in [1.29, 1.82) is 0 Å². The molecule has 0 radical (unpaired) electrons. The lowest BCUT2D eigenvalue weighted by atomic mass is 10.0. The van der Waals surface area contributed by atoms with Gasteiger partial charge in [0.25, 0.3) is 0 Å². The molecule has 0 saturated carbocycles. The molecule has 0 atom stereocenters. The Labute approximate surface area is 172 Å². The van der Waals surface area contributed by atoms with Gasteiger partial charge in [0, 0.05) is 50.5 Å². The Balaban J connectivity index is 1.46. The van der Waals surface area contributed by atoms with Crippen LogP contribution in [0.15, 0.2) is 42.6 Å². The van der Waals surface area contributed by atoms with Gasteiger partial charge in [0.2, 0.25) is 0 Å². The average Bonchev–Trinajstić information content (AvgIpc) is 3.04. The van der Waals surface area contributed by atoms with Crippen LogP contribution in [0.5, 0.6) is 5.75 Å². The molecule has 1 fully saturated rings. The lowest BCUT2D eigenvalue weighted by Gasteiger charge is -2.34. The monoisotopic (exact) mass is 395 g/mol. The molecule has 154 valence electrons. The molecular formula is C24H30FN3O. The van der Waals surface area contributed by atoms with Gasteiger partial charge in [-0.3, -0.25) is 0 Å². The van der Waals surface area contributed by atoms with Crippen molar-refractivity contribution in [2.75, 3.05) is 45.2 Å². The van der Waals surface area contributed by atoms with Gasteiger partial charge in [-0.2, -0.15) is 0 Å². The van der Waals surface area contributed by atoms with Crippen LogP contribution < -0.4 is 9.64 Å². The predicted molar refractivity (Wildman–Crippen MR) is 118 cm³/mol. The van der Waals surface area contributed by atoms with Crippen LogP contribution >= 0.6 is 0 Å². The molecule has 4 nitrogen and oxygen atoms in total. The largest absolute Gasteiger partial charge is 0.493 e. The molecule has 2 aromatic carbocycles. The molecule has 1 aliphatic heterocycles. The van der Waals surface area contributed by atoms with Crippen LogP contribution in [0, 0.1) is 5.82 Å². The van der Waals surface area contributed by atoms with E-state index < -0.39 is 0 Å². The summed E-state index contributed by atoms with van der Waals surface area (Å²) >= 11 is 0. The van der Waals surface area contributed by atoms with E-state index in [9.17, 15) is 4.39 Å². The molecule has 1 aromatic heterocycles. The van der Waals surface area contributed by atoms with Crippen LogP contribution in [-0.2, 0) is 19.9 Å². The van der Waals surface area contributed by atoms with Crippen molar-refractivity contribution >= 4 is 16.6 Å². The van der Waals surface area contributed by atoms with Crippen molar-refractivity contribution in [1.82, 2.24) is 9.47 Å². The van der Waals surface area contributed by atoms with Crippen LogP contribution in [-0.4, -0.2) is 49.8 Å². The second-order valence-electron chi connectivity index (χ2n) is 8.05. The van der Waals surface area contributed by atoms with E-state index in [2.05, 4.69) is 51.9 Å². The van der Waals surface area contributed by atoms with Crippen molar-refractivity contribution in [3.8, 4) is 5.75 Å². The number of ether oxygens (including phenoxy) is 1. The summed E-state index contributed by atoms with van der Waals surface area (Å²) in [6.07, 6.45) is 5.03. The zero-order valence-electron chi connectivity index (χ0n) is 17.6. The first-order chi connectivity index (χ1) is 14.1. The fourth-order valence-corrected chi connectivity index (χ4v) is 4.36. The summed E-state index contributed by atoms with van der Waals surface area (Å²) in [6, 6.07) is 12.2. The number of hydrogen-bond acceptors (Lipinski definition) is 3. The van der Waals surface area contributed by atoms with Crippen LogP contribution in [0.3, 0.4) is 0 Å². The van der Waals surface area contributed by atoms with Gasteiger partial charge in [0.15, 0.2) is 11.6 Å². The second-order valence-corrected chi connectivity index (χ2v) is 8.05. The zero-order valence-corrected chi connectivity index (χ0v) is 17.6. The SMILES string of the molecule is COc1c(F)ccc2c1c(CCCc1cccc(N3CCN(C)CC3)c1)cn2C. The first-order valence-electron chi connectivity index (χ1n) is 10.4. The minimum atomic E-state index is -0.299. The predicted octanol–water partition coefficient (Wildman–Crippen LogP) is 4.25. The third-order valence-electron chi connectivity index (χ3n) is 6.03. The highest BCUT2D eigenvalue weighted by molar-refractivity contribution is 5.90. The number of benzene rings is 2. The summed E-state index contributed by atoms with van der Waals surface area (Å²) < 4.78 is 21.6. The third kappa shape index (κ3) is 4.10. The Morgan fingerprint density at radius 1 is 1.00 bits per heavy atom. The molecule has 2 heterocycles. The molecule has 0 amide bonds. The lowest BCUT2D eigenvalue weighted by molar-refractivity contribution is 0.313. The fourth-order valence-electron chi connectivity index (χ4n) is 4.36. The summed E-state index contributed by atoms with van der Waals surface area (Å²) in [7, 11) is 5.73. The minimum Gasteiger partial charge on any atom is -0.493 e. The molecule has 0 aliphatic carbocycles. The lowest BCUT2D eigenvalue weighted by Crippen LogP contribution is -2.44. The van der Waals surface area contributed by atoms with Gasteiger partial charge in [-0.1, -0.05) is 12.1 Å². The number of piperazine rings is 1. The summed E-state index contributed by atoms with van der Waals surface area (Å²) in [5.41, 5.74) is 4.84. The maximum atomic E-state index is 14.2. The van der Waals surface area contributed by atoms with Gasteiger partial charge >= 0.3 is 0 Å². The van der Waals surface area contributed by atoms with E-state index in [0.29, 0.717) is 5.75 Å². The number of likely N-dealkylation sites (N-methyl/N-ethyl adjacent to an activating group) is 1. The molecule has 29 heavy (non-hydrogen) atoms. The number of methoxy groups -OCH3 is 1. The number of rotatable bonds is 6. The first kappa shape index (κ1) is 19.8. The van der Waals surface area contributed by atoms with E-state index >= 15 is 0 Å². The zero-order chi connectivity index (χ0) is 20.4. The Morgan fingerprint density at radius 3 is 2.55 bits per heavy atom. The molecule has 0 bridgehead atoms. The molecule has 5 heteroatoms. The van der Waals surface area contributed by atoms with Gasteiger partial charge in [-0.05, 0) is 61.7 Å². The summed E-state index contributed by atoms with van der Waals surface area (Å²) in [5, 5.41) is 0.904. The van der Waals surface area contributed by atoms with E-state index in [0.717, 1.165) is 61.9 Å². The molecule has 3 aromatic rings. The van der Waals surface area contributed by atoms with Crippen molar-refractivity contribution in [3.05, 3.63) is 59.5 Å². The number of anilines is 1. The smallest absolute Gasteiger partial charge is 0.165 e. The van der Waals surface area contributed by atoms with Crippen LogP contribution in [0.25, 0.3) is 10.9 Å². The number of nitrogens with zero attached hydrogens (tertiary/aromatic N) is 3. The molecule has 1 aliphatic rings. The van der Waals surface area contributed by atoms with Crippen molar-refractivity contribution in [2.45, 2.75) is 19.3 Å². The van der Waals surface area contributed by atoms with Crippen molar-refractivity contribution in [3.63, 3.8) is 0 Å². The fraction of sp³-hybridized carbons (Fsp3) is 0.417. The summed E-state index contributed by atoms with van der Waals surface area (Å²) in [5.74, 6) is 0.0579. The Bertz CT molecular complexity index is 989. The van der Waals surface area contributed by atoms with Gasteiger partial charge < -0.3 is 19.1 Å². The van der Waals surface area contributed by atoms with E-state index in [1.54, 1.807) is 7.11 Å². The number of hydrogen-bond donors (Lipinski definition) is 0. The second kappa shape index (κ2) is 8.46. The van der Waals surface area contributed by atoms with Crippen LogP contribution in [0.1, 0.15) is 17.5 Å². The first-order valence-corrected chi connectivity index (χ1v) is 10.4. The number of aromatic nitrogens is 1. The molecule has 4 rings (SSSR count). The van der Waals surface area contributed by atoms with Gasteiger partial charge in [0.05, 0.1) is 12.6 Å². The maximum absolute atomic E-state index is 14.2.